The van der Waals surface area contributed by atoms with E-state index in [1.165, 1.54) is 24.7 Å². The maximum Gasteiger partial charge on any atom is 0.261 e. The third kappa shape index (κ3) is 3.39. The van der Waals surface area contributed by atoms with E-state index in [9.17, 15) is 9.18 Å². The molecule has 0 saturated heterocycles. The highest BCUT2D eigenvalue weighted by Crippen LogP contribution is 2.20. The predicted molar refractivity (Wildman–Crippen MR) is 62.6 cm³/mol. The van der Waals surface area contributed by atoms with E-state index in [1.54, 1.807) is 6.07 Å². The van der Waals surface area contributed by atoms with Crippen LogP contribution in [0.4, 0.5) is 4.39 Å². The fourth-order valence-electron chi connectivity index (χ4n) is 1.49. The van der Waals surface area contributed by atoms with Crippen molar-refractivity contribution >= 4 is 5.91 Å². The van der Waals surface area contributed by atoms with Gasteiger partial charge in [-0.1, -0.05) is 6.07 Å². The van der Waals surface area contributed by atoms with Crippen LogP contribution < -0.4 is 21.3 Å². The van der Waals surface area contributed by atoms with Crippen LogP contribution in [0.3, 0.4) is 0 Å². The Labute approximate surface area is 104 Å². The van der Waals surface area contributed by atoms with Gasteiger partial charge in [0.25, 0.3) is 5.91 Å². The molecule has 18 heavy (non-hydrogen) atoms. The van der Waals surface area contributed by atoms with Crippen LogP contribution >= 0.6 is 0 Å². The first-order chi connectivity index (χ1) is 8.63. The molecule has 1 amide bonds. The molecule has 1 rings (SSSR count). The van der Waals surface area contributed by atoms with Gasteiger partial charge in [0, 0.05) is 18.7 Å². The molecule has 0 unspecified atom stereocenters. The summed E-state index contributed by atoms with van der Waals surface area (Å²) in [7, 11) is 1.43. The number of benzene rings is 1. The fraction of sp³-hybridized carbons (Fsp3) is 0.364. The van der Waals surface area contributed by atoms with Gasteiger partial charge in [-0.3, -0.25) is 10.0 Å². The highest BCUT2D eigenvalue weighted by molar-refractivity contribution is 5.80. The Balaban J connectivity index is 2.76. The van der Waals surface area contributed by atoms with Crippen LogP contribution in [0.25, 0.3) is 0 Å². The van der Waals surface area contributed by atoms with Gasteiger partial charge in [-0.2, -0.15) is 0 Å². The molecule has 0 bridgehead atoms. The van der Waals surface area contributed by atoms with Gasteiger partial charge >= 0.3 is 0 Å². The summed E-state index contributed by atoms with van der Waals surface area (Å²) in [6.45, 7) is 0.0360. The number of hydrogen-bond acceptors (Lipinski definition) is 5. The lowest BCUT2D eigenvalue weighted by Crippen LogP contribution is -2.47. The summed E-state index contributed by atoms with van der Waals surface area (Å²) in [5, 5.41) is 11.2. The van der Waals surface area contributed by atoms with Crippen LogP contribution in [0.2, 0.25) is 0 Å². The van der Waals surface area contributed by atoms with E-state index in [1.807, 2.05) is 0 Å². The number of amides is 1. The van der Waals surface area contributed by atoms with Crippen LogP contribution in [0.5, 0.6) is 5.75 Å². The predicted octanol–water partition coefficient (Wildman–Crippen LogP) is -0.243. The second-order valence-electron chi connectivity index (χ2n) is 3.57. The standard InChI is InChI=1S/C11H16FN3O3/c1-18-10-4-2-3-8(12)7(10)6-14-9(5-13)11(16)15-17/h2-4,9,14,17H,5-6,13H2,1H3,(H,15,16)/t9-/m0/s1. The summed E-state index contributed by atoms with van der Waals surface area (Å²) in [6, 6.07) is 3.63. The van der Waals surface area contributed by atoms with Crippen molar-refractivity contribution in [3.63, 3.8) is 0 Å². The highest BCUT2D eigenvalue weighted by Gasteiger charge is 2.17. The van der Waals surface area contributed by atoms with Crippen molar-refractivity contribution in [2.75, 3.05) is 13.7 Å². The third-order valence-electron chi connectivity index (χ3n) is 2.48. The van der Waals surface area contributed by atoms with Crippen molar-refractivity contribution in [2.45, 2.75) is 12.6 Å². The summed E-state index contributed by atoms with van der Waals surface area (Å²) < 4.78 is 18.6. The van der Waals surface area contributed by atoms with E-state index < -0.39 is 17.8 Å². The Kier molecular flexibility index (Phi) is 5.50. The summed E-state index contributed by atoms with van der Waals surface area (Å²) in [4.78, 5) is 11.2. The number of ether oxygens (including phenoxy) is 1. The van der Waals surface area contributed by atoms with Crippen molar-refractivity contribution in [2.24, 2.45) is 5.73 Å². The second kappa shape index (κ2) is 6.90. The van der Waals surface area contributed by atoms with Crippen LogP contribution in [0, 0.1) is 5.82 Å². The van der Waals surface area contributed by atoms with Gasteiger partial charge in [-0.25, -0.2) is 9.87 Å². The number of methoxy groups -OCH3 is 1. The van der Waals surface area contributed by atoms with E-state index in [4.69, 9.17) is 15.7 Å². The number of nitrogens with two attached hydrogens (primary N) is 1. The Morgan fingerprint density at radius 2 is 2.33 bits per heavy atom. The van der Waals surface area contributed by atoms with Crippen molar-refractivity contribution in [3.05, 3.63) is 29.6 Å². The molecule has 0 radical (unpaired) electrons. The molecule has 100 valence electrons. The van der Waals surface area contributed by atoms with Crippen molar-refractivity contribution in [3.8, 4) is 5.75 Å². The molecule has 0 aromatic heterocycles. The van der Waals surface area contributed by atoms with E-state index in [-0.39, 0.29) is 13.1 Å². The molecule has 0 aliphatic carbocycles. The van der Waals surface area contributed by atoms with Gasteiger partial charge in [-0.05, 0) is 12.1 Å². The van der Waals surface area contributed by atoms with Gasteiger partial charge < -0.3 is 15.8 Å². The average Bonchev–Trinajstić information content (AvgIpc) is 2.40. The molecule has 0 aliphatic rings. The summed E-state index contributed by atoms with van der Waals surface area (Å²) in [6.07, 6.45) is 0. The first-order valence-electron chi connectivity index (χ1n) is 5.32. The van der Waals surface area contributed by atoms with E-state index in [2.05, 4.69) is 5.32 Å². The first-order valence-corrected chi connectivity index (χ1v) is 5.32. The Morgan fingerprint density at radius 3 is 2.89 bits per heavy atom. The SMILES string of the molecule is COc1cccc(F)c1CN[C@@H](CN)C(=O)NO. The Bertz CT molecular complexity index is 415. The molecule has 0 saturated carbocycles. The number of carbonyl (C=O) groups excluding carboxylic acids is 1. The van der Waals surface area contributed by atoms with Crippen LogP contribution in [-0.2, 0) is 11.3 Å². The first kappa shape index (κ1) is 14.4. The number of hydrogen-bond donors (Lipinski definition) is 4. The molecule has 0 spiro atoms. The molecule has 7 heteroatoms. The molecule has 0 aliphatic heterocycles. The number of nitrogens with one attached hydrogen (secondary N) is 2. The quantitative estimate of drug-likeness (QED) is 0.416. The monoisotopic (exact) mass is 257 g/mol. The Morgan fingerprint density at radius 1 is 1.61 bits per heavy atom. The maximum absolute atomic E-state index is 13.6. The molecule has 0 heterocycles. The van der Waals surface area contributed by atoms with E-state index in [0.717, 1.165) is 0 Å². The lowest BCUT2D eigenvalue weighted by atomic mass is 10.1. The van der Waals surface area contributed by atoms with Crippen molar-refractivity contribution < 1.29 is 19.1 Å². The summed E-state index contributed by atoms with van der Waals surface area (Å²) in [5.41, 5.74) is 7.15. The molecule has 1 aromatic rings. The average molecular weight is 257 g/mol. The molecule has 6 nitrogen and oxygen atoms in total. The third-order valence-corrected chi connectivity index (χ3v) is 2.48. The molecule has 5 N–H and O–H groups in total. The maximum atomic E-state index is 13.6. The van der Waals surface area contributed by atoms with Gasteiger partial charge in [0.05, 0.1) is 7.11 Å². The van der Waals surface area contributed by atoms with Gasteiger partial charge in [-0.15, -0.1) is 0 Å². The second-order valence-corrected chi connectivity index (χ2v) is 3.57. The van der Waals surface area contributed by atoms with E-state index in [0.29, 0.717) is 11.3 Å². The minimum atomic E-state index is -0.806. The van der Waals surface area contributed by atoms with Gasteiger partial charge in [0.15, 0.2) is 0 Å². The van der Waals surface area contributed by atoms with Crippen molar-refractivity contribution in [1.82, 2.24) is 10.8 Å². The fourth-order valence-corrected chi connectivity index (χ4v) is 1.49. The summed E-state index contributed by atoms with van der Waals surface area (Å²) in [5.74, 6) is -0.738. The molecular weight excluding hydrogens is 241 g/mol. The molecule has 1 atom stereocenters. The lowest BCUT2D eigenvalue weighted by Gasteiger charge is -2.16. The molecule has 1 aromatic carbocycles. The largest absolute Gasteiger partial charge is 0.496 e. The van der Waals surface area contributed by atoms with Crippen LogP contribution in [0.1, 0.15) is 5.56 Å². The van der Waals surface area contributed by atoms with Gasteiger partial charge in [0.2, 0.25) is 0 Å². The number of hydroxylamine groups is 1. The number of rotatable bonds is 6. The lowest BCUT2D eigenvalue weighted by molar-refractivity contribution is -0.131. The topological polar surface area (TPSA) is 96.6 Å². The zero-order valence-electron chi connectivity index (χ0n) is 9.94. The van der Waals surface area contributed by atoms with Crippen LogP contribution in [-0.4, -0.2) is 30.8 Å². The highest BCUT2D eigenvalue weighted by atomic mass is 19.1. The number of halogens is 1. The summed E-state index contributed by atoms with van der Waals surface area (Å²) >= 11 is 0. The minimum absolute atomic E-state index is 0.0246. The molecule has 0 fully saturated rings. The Hall–Kier alpha value is -1.70. The zero-order valence-corrected chi connectivity index (χ0v) is 9.94. The van der Waals surface area contributed by atoms with Crippen molar-refractivity contribution in [1.29, 1.82) is 0 Å². The smallest absolute Gasteiger partial charge is 0.261 e. The van der Waals surface area contributed by atoms with Gasteiger partial charge in [0.1, 0.15) is 17.6 Å². The minimum Gasteiger partial charge on any atom is -0.496 e. The number of carbonyl (C=O) groups is 1. The molecular formula is C11H16FN3O3. The van der Waals surface area contributed by atoms with Crippen LogP contribution in [0.15, 0.2) is 18.2 Å². The zero-order chi connectivity index (χ0) is 13.5. The van der Waals surface area contributed by atoms with E-state index >= 15 is 0 Å². The normalized spacial score (nSPS) is 12.0.